The van der Waals surface area contributed by atoms with Gasteiger partial charge in [-0.3, -0.25) is 14.9 Å². The molecule has 1 fully saturated rings. The summed E-state index contributed by atoms with van der Waals surface area (Å²) >= 11 is 2.08. The molecule has 9 heteroatoms. The second kappa shape index (κ2) is 9.24. The predicted molar refractivity (Wildman–Crippen MR) is 117 cm³/mol. The molecule has 1 saturated heterocycles. The maximum Gasteiger partial charge on any atom is 0.335 e. The van der Waals surface area contributed by atoms with E-state index in [4.69, 9.17) is 9.47 Å². The molecule has 2 aromatic carbocycles. The lowest BCUT2D eigenvalue weighted by Crippen LogP contribution is -2.54. The van der Waals surface area contributed by atoms with E-state index >= 15 is 0 Å². The quantitative estimate of drug-likeness (QED) is 0.352. The van der Waals surface area contributed by atoms with Gasteiger partial charge in [0, 0.05) is 0 Å². The van der Waals surface area contributed by atoms with Gasteiger partial charge < -0.3 is 9.47 Å². The van der Waals surface area contributed by atoms with Crippen LogP contribution in [0.15, 0.2) is 42.0 Å². The average molecular weight is 524 g/mol. The van der Waals surface area contributed by atoms with E-state index in [2.05, 4.69) is 27.9 Å². The topological polar surface area (TPSA) is 84.9 Å². The molecule has 1 aliphatic rings. The molecule has 0 spiro atoms. The number of nitrogens with one attached hydrogen (secondary N) is 1. The van der Waals surface area contributed by atoms with Crippen LogP contribution >= 0.6 is 22.6 Å². The van der Waals surface area contributed by atoms with Crippen LogP contribution in [-0.4, -0.2) is 31.1 Å². The van der Waals surface area contributed by atoms with E-state index in [0.29, 0.717) is 30.3 Å². The molecule has 1 aliphatic heterocycles. The fraction of sp³-hybridized carbons (Fsp3) is 0.190. The molecule has 0 saturated carbocycles. The molecule has 0 radical (unpaired) electrons. The number of nitrogens with zero attached hydrogens (tertiary/aromatic N) is 1. The lowest BCUT2D eigenvalue weighted by atomic mass is 10.1. The van der Waals surface area contributed by atoms with Crippen molar-refractivity contribution in [2.24, 2.45) is 0 Å². The summed E-state index contributed by atoms with van der Waals surface area (Å²) in [4.78, 5) is 38.3. The highest BCUT2D eigenvalue weighted by molar-refractivity contribution is 14.1. The SMILES string of the molecule is CCOc1cc(/C=C2\C(=O)NC(=O)N(c3ccc(F)cc3)C2=O)cc(I)c1OCC. The third kappa shape index (κ3) is 4.45. The molecule has 0 atom stereocenters. The van der Waals surface area contributed by atoms with Crippen molar-refractivity contribution in [3.63, 3.8) is 0 Å². The fourth-order valence-electron chi connectivity index (χ4n) is 2.87. The number of rotatable bonds is 6. The van der Waals surface area contributed by atoms with Crippen molar-refractivity contribution in [2.75, 3.05) is 18.1 Å². The Balaban J connectivity index is 2.03. The van der Waals surface area contributed by atoms with Crippen LogP contribution in [0, 0.1) is 9.39 Å². The third-order valence-corrected chi connectivity index (χ3v) is 4.92. The first-order valence-corrected chi connectivity index (χ1v) is 10.2. The molecule has 7 nitrogen and oxygen atoms in total. The maximum atomic E-state index is 13.2. The van der Waals surface area contributed by atoms with Crippen molar-refractivity contribution >= 4 is 52.2 Å². The number of benzene rings is 2. The zero-order chi connectivity index (χ0) is 21.8. The number of anilines is 1. The second-order valence-electron chi connectivity index (χ2n) is 6.13. The molecule has 0 aromatic heterocycles. The number of hydrogen-bond acceptors (Lipinski definition) is 5. The van der Waals surface area contributed by atoms with Gasteiger partial charge >= 0.3 is 6.03 Å². The van der Waals surface area contributed by atoms with Crippen LogP contribution in [0.25, 0.3) is 6.08 Å². The average Bonchev–Trinajstić information content (AvgIpc) is 2.69. The largest absolute Gasteiger partial charge is 0.490 e. The number of halogens is 2. The van der Waals surface area contributed by atoms with Crippen LogP contribution in [0.4, 0.5) is 14.9 Å². The van der Waals surface area contributed by atoms with Crippen LogP contribution in [0.1, 0.15) is 19.4 Å². The van der Waals surface area contributed by atoms with Gasteiger partial charge in [0.15, 0.2) is 11.5 Å². The van der Waals surface area contributed by atoms with E-state index in [9.17, 15) is 18.8 Å². The van der Waals surface area contributed by atoms with Crippen LogP contribution < -0.4 is 19.7 Å². The van der Waals surface area contributed by atoms with Crippen molar-refractivity contribution in [1.29, 1.82) is 0 Å². The minimum absolute atomic E-state index is 0.147. The fourth-order valence-corrected chi connectivity index (χ4v) is 3.65. The zero-order valence-electron chi connectivity index (χ0n) is 16.2. The summed E-state index contributed by atoms with van der Waals surface area (Å²) in [6, 6.07) is 7.31. The van der Waals surface area contributed by atoms with Crippen molar-refractivity contribution in [1.82, 2.24) is 5.32 Å². The van der Waals surface area contributed by atoms with Crippen LogP contribution in [0.3, 0.4) is 0 Å². The molecule has 0 aliphatic carbocycles. The number of urea groups is 1. The number of carbonyl (C=O) groups is 3. The molecular formula is C21H18FIN2O5. The minimum Gasteiger partial charge on any atom is -0.490 e. The van der Waals surface area contributed by atoms with Gasteiger partial charge in [0.1, 0.15) is 11.4 Å². The highest BCUT2D eigenvalue weighted by atomic mass is 127. The minimum atomic E-state index is -0.898. The highest BCUT2D eigenvalue weighted by Crippen LogP contribution is 2.35. The van der Waals surface area contributed by atoms with E-state index in [1.165, 1.54) is 18.2 Å². The van der Waals surface area contributed by atoms with Crippen molar-refractivity contribution < 1.29 is 28.2 Å². The standard InChI is InChI=1S/C21H18FIN2O5/c1-3-29-17-11-12(10-16(23)18(17)30-4-2)9-15-19(26)24-21(28)25(20(15)27)14-7-5-13(22)6-8-14/h5-11H,3-4H2,1-2H3,(H,24,26,28)/b15-9+. The molecule has 1 N–H and O–H groups in total. The Hall–Kier alpha value is -2.95. The number of carbonyl (C=O) groups excluding carboxylic acids is 3. The first-order valence-electron chi connectivity index (χ1n) is 9.11. The van der Waals surface area contributed by atoms with Gasteiger partial charge in [-0.1, -0.05) is 0 Å². The Morgan fingerprint density at radius 2 is 1.73 bits per heavy atom. The third-order valence-electron chi connectivity index (χ3n) is 4.12. The Morgan fingerprint density at radius 3 is 2.37 bits per heavy atom. The van der Waals surface area contributed by atoms with E-state index in [1.54, 1.807) is 12.1 Å². The first-order chi connectivity index (χ1) is 14.3. The number of imide groups is 2. The van der Waals surface area contributed by atoms with Crippen LogP contribution in [0.5, 0.6) is 11.5 Å². The Bertz CT molecular complexity index is 1040. The summed E-state index contributed by atoms with van der Waals surface area (Å²) in [5.41, 5.74) is 0.438. The van der Waals surface area contributed by atoms with Gasteiger partial charge in [0.05, 0.1) is 22.5 Å². The molecule has 2 aromatic rings. The van der Waals surface area contributed by atoms with Crippen molar-refractivity contribution in [3.05, 3.63) is 56.9 Å². The van der Waals surface area contributed by atoms with Gasteiger partial charge in [-0.2, -0.15) is 0 Å². The summed E-state index contributed by atoms with van der Waals surface area (Å²) in [6.07, 6.45) is 1.38. The monoisotopic (exact) mass is 524 g/mol. The molecule has 3 rings (SSSR count). The molecule has 0 unspecified atom stereocenters. The highest BCUT2D eigenvalue weighted by Gasteiger charge is 2.36. The number of amides is 4. The summed E-state index contributed by atoms with van der Waals surface area (Å²) in [5.74, 6) is -1.08. The van der Waals surface area contributed by atoms with E-state index in [0.717, 1.165) is 20.6 Å². The number of barbiturate groups is 1. The molecule has 156 valence electrons. The van der Waals surface area contributed by atoms with Crippen LogP contribution in [-0.2, 0) is 9.59 Å². The van der Waals surface area contributed by atoms with E-state index in [-0.39, 0.29) is 11.3 Å². The lowest BCUT2D eigenvalue weighted by Gasteiger charge is -2.26. The molecule has 0 bridgehead atoms. The second-order valence-corrected chi connectivity index (χ2v) is 7.29. The van der Waals surface area contributed by atoms with E-state index in [1.807, 2.05) is 13.8 Å². The van der Waals surface area contributed by atoms with Gasteiger partial charge in [-0.25, -0.2) is 14.1 Å². The molecule has 30 heavy (non-hydrogen) atoms. The van der Waals surface area contributed by atoms with Crippen molar-refractivity contribution in [2.45, 2.75) is 13.8 Å². The number of ether oxygens (including phenoxy) is 2. The van der Waals surface area contributed by atoms with Gasteiger partial charge in [-0.05, 0) is 84.5 Å². The summed E-state index contributed by atoms with van der Waals surface area (Å²) in [6.45, 7) is 4.54. The van der Waals surface area contributed by atoms with E-state index < -0.39 is 23.7 Å². The summed E-state index contributed by atoms with van der Waals surface area (Å²) < 4.78 is 25.2. The first kappa shape index (κ1) is 21.8. The van der Waals surface area contributed by atoms with Gasteiger partial charge in [-0.15, -0.1) is 0 Å². The molecule has 4 amide bonds. The van der Waals surface area contributed by atoms with Crippen LogP contribution in [0.2, 0.25) is 0 Å². The normalized spacial score (nSPS) is 15.4. The smallest absolute Gasteiger partial charge is 0.335 e. The van der Waals surface area contributed by atoms with Gasteiger partial charge in [0.25, 0.3) is 11.8 Å². The Morgan fingerprint density at radius 1 is 1.07 bits per heavy atom. The van der Waals surface area contributed by atoms with Gasteiger partial charge in [0.2, 0.25) is 0 Å². The zero-order valence-corrected chi connectivity index (χ0v) is 18.4. The lowest BCUT2D eigenvalue weighted by molar-refractivity contribution is -0.122. The Labute approximate surface area is 186 Å². The van der Waals surface area contributed by atoms with Crippen molar-refractivity contribution in [3.8, 4) is 11.5 Å². The maximum absolute atomic E-state index is 13.2. The molecule has 1 heterocycles. The molecular weight excluding hydrogens is 506 g/mol. The number of hydrogen-bond donors (Lipinski definition) is 1. The summed E-state index contributed by atoms with van der Waals surface area (Å²) in [7, 11) is 0. The predicted octanol–water partition coefficient (Wildman–Crippen LogP) is 3.89. The summed E-state index contributed by atoms with van der Waals surface area (Å²) in [5, 5.41) is 2.14. The Kier molecular flexibility index (Phi) is 6.70.